The van der Waals surface area contributed by atoms with E-state index in [4.69, 9.17) is 21.1 Å². The molecule has 0 aliphatic carbocycles. The van der Waals surface area contributed by atoms with E-state index in [2.05, 4.69) is 10.2 Å². The van der Waals surface area contributed by atoms with Crippen molar-refractivity contribution in [1.82, 2.24) is 19.4 Å². The highest BCUT2D eigenvalue weighted by Gasteiger charge is 2.37. The first-order valence-electron chi connectivity index (χ1n) is 21.4. The Hall–Kier alpha value is -6.08. The number of aromatic nitrogens is 2. The van der Waals surface area contributed by atoms with E-state index in [-0.39, 0.29) is 54.7 Å². The SMILES string of the molecule is COc1cc2c(cc1OC(C)C)[C@H](c1ccc(Cl)cc1)N(c1ccc(N(C)CC3CCN(CCCc4ccc5c(c4)n(C)c(=O)n5C4CCC(=O)NC4=O)C(=O)C3)cc1)C(=O)C2. The van der Waals surface area contributed by atoms with Crippen LogP contribution in [0.1, 0.15) is 80.3 Å². The first-order chi connectivity index (χ1) is 29.8. The van der Waals surface area contributed by atoms with Crippen molar-refractivity contribution in [1.29, 1.82) is 0 Å². The number of rotatable bonds is 13. The van der Waals surface area contributed by atoms with Gasteiger partial charge in [0.1, 0.15) is 6.04 Å². The number of methoxy groups -OCH3 is 1. The maximum Gasteiger partial charge on any atom is 0.329 e. The van der Waals surface area contributed by atoms with Gasteiger partial charge in [0, 0.05) is 63.0 Å². The topological polar surface area (TPSA) is 135 Å². The van der Waals surface area contributed by atoms with Crippen LogP contribution in [0.3, 0.4) is 0 Å². The number of amides is 4. The number of anilines is 2. The molecular formula is C48H53ClN6O7. The van der Waals surface area contributed by atoms with Gasteiger partial charge < -0.3 is 24.2 Å². The van der Waals surface area contributed by atoms with Gasteiger partial charge in [0.2, 0.25) is 23.6 Å². The van der Waals surface area contributed by atoms with Crippen molar-refractivity contribution in [2.75, 3.05) is 43.6 Å². The summed E-state index contributed by atoms with van der Waals surface area (Å²) in [5.41, 5.74) is 6.70. The van der Waals surface area contributed by atoms with Gasteiger partial charge >= 0.3 is 5.69 Å². The van der Waals surface area contributed by atoms with Gasteiger partial charge in [-0.1, -0.05) is 29.8 Å². The number of fused-ring (bicyclic) bond motifs is 2. The van der Waals surface area contributed by atoms with Crippen molar-refractivity contribution >= 4 is 57.6 Å². The smallest absolute Gasteiger partial charge is 0.329 e. The monoisotopic (exact) mass is 860 g/mol. The second-order valence-corrected chi connectivity index (χ2v) is 17.4. The summed E-state index contributed by atoms with van der Waals surface area (Å²) in [5.74, 6) is 0.775. The van der Waals surface area contributed by atoms with Crippen molar-refractivity contribution in [2.45, 2.75) is 77.0 Å². The number of nitrogens with zero attached hydrogens (tertiary/aromatic N) is 5. The van der Waals surface area contributed by atoms with E-state index in [0.717, 1.165) is 65.0 Å². The van der Waals surface area contributed by atoms with E-state index in [0.29, 0.717) is 41.5 Å². The molecule has 0 bridgehead atoms. The molecule has 1 aromatic heterocycles. The van der Waals surface area contributed by atoms with Crippen LogP contribution in [0, 0.1) is 5.92 Å². The zero-order valence-electron chi connectivity index (χ0n) is 35.9. The van der Waals surface area contributed by atoms with Gasteiger partial charge in [-0.05, 0) is 128 Å². The molecule has 13 nitrogen and oxygen atoms in total. The van der Waals surface area contributed by atoms with Gasteiger partial charge in [0.05, 0.1) is 36.7 Å². The summed E-state index contributed by atoms with van der Waals surface area (Å²) in [6, 6.07) is 24.3. The van der Waals surface area contributed by atoms with Crippen molar-refractivity contribution in [2.24, 2.45) is 13.0 Å². The average Bonchev–Trinajstić information content (AvgIpc) is 3.49. The van der Waals surface area contributed by atoms with Crippen LogP contribution in [0.25, 0.3) is 11.0 Å². The van der Waals surface area contributed by atoms with Crippen LogP contribution in [0.15, 0.2) is 83.7 Å². The van der Waals surface area contributed by atoms with Gasteiger partial charge in [-0.15, -0.1) is 0 Å². The van der Waals surface area contributed by atoms with Crippen molar-refractivity contribution in [3.8, 4) is 11.5 Å². The molecule has 0 saturated carbocycles. The minimum Gasteiger partial charge on any atom is -0.493 e. The summed E-state index contributed by atoms with van der Waals surface area (Å²) in [5, 5.41) is 2.97. The van der Waals surface area contributed by atoms with Crippen LogP contribution in [0.4, 0.5) is 11.4 Å². The Bertz CT molecular complexity index is 2580. The van der Waals surface area contributed by atoms with Crippen LogP contribution < -0.4 is 30.3 Å². The second-order valence-electron chi connectivity index (χ2n) is 17.0. The molecule has 4 heterocycles. The van der Waals surface area contributed by atoms with Gasteiger partial charge in [-0.25, -0.2) is 4.79 Å². The molecule has 2 saturated heterocycles. The quantitative estimate of drug-likeness (QED) is 0.129. The first-order valence-corrected chi connectivity index (χ1v) is 21.7. The van der Waals surface area contributed by atoms with E-state index >= 15 is 0 Å². The highest BCUT2D eigenvalue weighted by molar-refractivity contribution is 6.30. The molecule has 3 aliphatic rings. The lowest BCUT2D eigenvalue weighted by Crippen LogP contribution is -2.44. The lowest BCUT2D eigenvalue weighted by Gasteiger charge is -2.38. The maximum atomic E-state index is 14.0. The number of carbonyl (C=O) groups excluding carboxylic acids is 4. The molecule has 4 amide bonds. The zero-order chi connectivity index (χ0) is 43.8. The Kier molecular flexibility index (Phi) is 12.2. The number of ether oxygens (including phenoxy) is 2. The fourth-order valence-corrected chi connectivity index (χ4v) is 9.42. The number of likely N-dealkylation sites (tertiary alicyclic amines) is 1. The number of benzene rings is 4. The van der Waals surface area contributed by atoms with Gasteiger partial charge in [-0.3, -0.25) is 33.6 Å². The summed E-state index contributed by atoms with van der Waals surface area (Å²) in [4.78, 5) is 70.9. The van der Waals surface area contributed by atoms with Crippen molar-refractivity contribution in [3.63, 3.8) is 0 Å². The van der Waals surface area contributed by atoms with E-state index in [1.807, 2.05) is 110 Å². The largest absolute Gasteiger partial charge is 0.493 e. The Labute approximate surface area is 366 Å². The average molecular weight is 861 g/mol. The standard InChI is InChI=1S/C48H53ClN6O7/c1-29(2)62-42-27-37-33(25-41(42)61-5)26-45(58)54(46(37)32-9-11-34(49)12-10-32)36-15-13-35(14-16-36)51(3)28-31-20-22-53(44(57)24-31)21-6-7-30-8-17-38-40(23-30)52(4)48(60)55(38)39-18-19-43(56)50-47(39)59/h8-17,23,25,27,29,31,39,46H,6-7,18-22,24,26,28H2,1-5H3,(H,50,56,59)/t31?,39?,46-/m0/s1. The van der Waals surface area contributed by atoms with E-state index in [9.17, 15) is 24.0 Å². The third-order valence-corrected chi connectivity index (χ3v) is 12.7. The molecule has 5 aromatic rings. The number of halogens is 1. The van der Waals surface area contributed by atoms with Crippen LogP contribution >= 0.6 is 11.6 Å². The van der Waals surface area contributed by atoms with Gasteiger partial charge in [0.25, 0.3) is 0 Å². The molecule has 4 aromatic carbocycles. The Morgan fingerprint density at radius 3 is 2.34 bits per heavy atom. The fourth-order valence-electron chi connectivity index (χ4n) is 9.29. The summed E-state index contributed by atoms with van der Waals surface area (Å²) in [6.45, 7) is 6.00. The molecule has 14 heteroatoms. The molecule has 2 fully saturated rings. The number of hydrogen-bond acceptors (Lipinski definition) is 8. The number of piperidine rings is 2. The van der Waals surface area contributed by atoms with Gasteiger partial charge in [0.15, 0.2) is 11.5 Å². The molecule has 3 atom stereocenters. The Morgan fingerprint density at radius 2 is 1.65 bits per heavy atom. The molecular weight excluding hydrogens is 808 g/mol. The summed E-state index contributed by atoms with van der Waals surface area (Å²) < 4.78 is 14.9. The molecule has 324 valence electrons. The summed E-state index contributed by atoms with van der Waals surface area (Å²) in [6.07, 6.45) is 3.52. The predicted molar refractivity (Wildman–Crippen MR) is 239 cm³/mol. The van der Waals surface area contributed by atoms with E-state index in [1.54, 1.807) is 18.7 Å². The zero-order valence-corrected chi connectivity index (χ0v) is 36.6. The highest BCUT2D eigenvalue weighted by Crippen LogP contribution is 2.44. The molecule has 8 rings (SSSR count). The molecule has 0 spiro atoms. The Balaban J connectivity index is 0.892. The summed E-state index contributed by atoms with van der Waals surface area (Å²) in [7, 11) is 5.34. The van der Waals surface area contributed by atoms with E-state index in [1.165, 1.54) is 4.57 Å². The molecule has 2 unspecified atom stereocenters. The number of aryl methyl sites for hydroxylation is 2. The fraction of sp³-hybridized carbons (Fsp3) is 0.396. The lowest BCUT2D eigenvalue weighted by atomic mass is 9.86. The van der Waals surface area contributed by atoms with Crippen LogP contribution in [-0.4, -0.2) is 77.6 Å². The molecule has 3 aliphatic heterocycles. The third kappa shape index (κ3) is 8.55. The lowest BCUT2D eigenvalue weighted by molar-refractivity contribution is -0.136. The number of imidazole rings is 1. The van der Waals surface area contributed by atoms with Crippen LogP contribution in [0.2, 0.25) is 5.02 Å². The van der Waals surface area contributed by atoms with Crippen molar-refractivity contribution in [3.05, 3.63) is 117 Å². The predicted octanol–water partition coefficient (Wildman–Crippen LogP) is 6.75. The van der Waals surface area contributed by atoms with Crippen LogP contribution in [-0.2, 0) is 39.1 Å². The number of hydrogen-bond donors (Lipinski definition) is 1. The normalized spacial score (nSPS) is 19.2. The van der Waals surface area contributed by atoms with Crippen LogP contribution in [0.5, 0.6) is 11.5 Å². The number of carbonyl (C=O) groups is 4. The minimum absolute atomic E-state index is 0.0295. The third-order valence-electron chi connectivity index (χ3n) is 12.4. The minimum atomic E-state index is -0.722. The molecule has 0 radical (unpaired) electrons. The van der Waals surface area contributed by atoms with Gasteiger partial charge in [-0.2, -0.15) is 0 Å². The first kappa shape index (κ1) is 42.6. The Morgan fingerprint density at radius 1 is 0.887 bits per heavy atom. The number of nitrogens with one attached hydrogen (secondary N) is 1. The molecule has 1 N–H and O–H groups in total. The summed E-state index contributed by atoms with van der Waals surface area (Å²) >= 11 is 6.31. The number of imide groups is 1. The second kappa shape index (κ2) is 17.7. The highest BCUT2D eigenvalue weighted by atomic mass is 35.5. The molecule has 62 heavy (non-hydrogen) atoms. The van der Waals surface area contributed by atoms with E-state index < -0.39 is 18.0 Å². The van der Waals surface area contributed by atoms with Crippen molar-refractivity contribution < 1.29 is 28.7 Å². The maximum absolute atomic E-state index is 14.0.